The predicted molar refractivity (Wildman–Crippen MR) is 81.5 cm³/mol. The van der Waals surface area contributed by atoms with Crippen LogP contribution in [0.25, 0.3) is 10.8 Å². The number of rotatable bonds is 3. The fourth-order valence-corrected chi connectivity index (χ4v) is 2.17. The number of hydrogen-bond acceptors (Lipinski definition) is 3. The van der Waals surface area contributed by atoms with Gasteiger partial charge in [-0.2, -0.15) is 0 Å². The van der Waals surface area contributed by atoms with Gasteiger partial charge in [0, 0.05) is 0 Å². The number of benzene rings is 2. The quantitative estimate of drug-likeness (QED) is 0.873. The lowest BCUT2D eigenvalue weighted by atomic mass is 9.99. The minimum atomic E-state index is -0.639. The van der Waals surface area contributed by atoms with Gasteiger partial charge in [0.15, 0.2) is 0 Å². The van der Waals surface area contributed by atoms with Crippen LogP contribution in [0.15, 0.2) is 42.5 Å². The monoisotopic (exact) mass is 271 g/mol. The molecule has 0 aromatic heterocycles. The van der Waals surface area contributed by atoms with Crippen LogP contribution < -0.4 is 5.73 Å². The Hall–Kier alpha value is -1.87. The minimum absolute atomic E-state index is 0.356. The van der Waals surface area contributed by atoms with Gasteiger partial charge in [-0.05, 0) is 43.5 Å². The SMILES string of the molecule is CC(C)(C)OC(=O)C(N)Cc1cccc2ccccc12. The second kappa shape index (κ2) is 5.63. The van der Waals surface area contributed by atoms with Crippen LogP contribution in [0.3, 0.4) is 0 Å². The van der Waals surface area contributed by atoms with Crippen LogP contribution in [0.1, 0.15) is 26.3 Å². The molecule has 2 aromatic carbocycles. The molecule has 0 aliphatic carbocycles. The van der Waals surface area contributed by atoms with Gasteiger partial charge in [-0.1, -0.05) is 42.5 Å². The third-order valence-electron chi connectivity index (χ3n) is 3.03. The van der Waals surface area contributed by atoms with Crippen LogP contribution in [-0.4, -0.2) is 17.6 Å². The summed E-state index contributed by atoms with van der Waals surface area (Å²) in [6.45, 7) is 5.53. The van der Waals surface area contributed by atoms with E-state index in [0.29, 0.717) is 6.42 Å². The lowest BCUT2D eigenvalue weighted by molar-refractivity contribution is -0.156. The van der Waals surface area contributed by atoms with Crippen molar-refractivity contribution in [1.29, 1.82) is 0 Å². The Morgan fingerprint density at radius 1 is 1.15 bits per heavy atom. The molecule has 1 atom stereocenters. The molecule has 3 heteroatoms. The van der Waals surface area contributed by atoms with Crippen molar-refractivity contribution in [3.05, 3.63) is 48.0 Å². The highest BCUT2D eigenvalue weighted by atomic mass is 16.6. The Morgan fingerprint density at radius 3 is 2.50 bits per heavy atom. The summed E-state index contributed by atoms with van der Waals surface area (Å²) in [7, 11) is 0. The van der Waals surface area contributed by atoms with Crippen molar-refractivity contribution in [1.82, 2.24) is 0 Å². The maximum absolute atomic E-state index is 12.0. The molecule has 0 aliphatic rings. The van der Waals surface area contributed by atoms with Crippen molar-refractivity contribution in [3.63, 3.8) is 0 Å². The highest BCUT2D eigenvalue weighted by Gasteiger charge is 2.22. The summed E-state index contributed by atoms with van der Waals surface area (Å²) in [6.07, 6.45) is 0.482. The Balaban J connectivity index is 2.18. The molecule has 0 fully saturated rings. The maximum atomic E-state index is 12.0. The summed E-state index contributed by atoms with van der Waals surface area (Å²) in [5, 5.41) is 2.29. The van der Waals surface area contributed by atoms with Crippen LogP contribution in [-0.2, 0) is 16.0 Å². The zero-order chi connectivity index (χ0) is 14.8. The van der Waals surface area contributed by atoms with Gasteiger partial charge in [-0.25, -0.2) is 0 Å². The molecule has 0 heterocycles. The van der Waals surface area contributed by atoms with Crippen LogP contribution in [0.2, 0.25) is 0 Å². The van der Waals surface area contributed by atoms with Gasteiger partial charge in [0.05, 0.1) is 0 Å². The summed E-state index contributed by atoms with van der Waals surface area (Å²) in [6, 6.07) is 13.5. The highest BCUT2D eigenvalue weighted by molar-refractivity contribution is 5.86. The third kappa shape index (κ3) is 3.58. The average molecular weight is 271 g/mol. The molecular weight excluding hydrogens is 250 g/mol. The van der Waals surface area contributed by atoms with E-state index in [1.807, 2.05) is 51.1 Å². The number of nitrogens with two attached hydrogens (primary N) is 1. The first-order chi connectivity index (χ1) is 9.37. The van der Waals surface area contributed by atoms with Crippen LogP contribution in [0, 0.1) is 0 Å². The zero-order valence-electron chi connectivity index (χ0n) is 12.2. The topological polar surface area (TPSA) is 52.3 Å². The van der Waals surface area contributed by atoms with Gasteiger partial charge in [-0.3, -0.25) is 4.79 Å². The fourth-order valence-electron chi connectivity index (χ4n) is 2.17. The van der Waals surface area contributed by atoms with Gasteiger partial charge < -0.3 is 10.5 Å². The predicted octanol–water partition coefficient (Wildman–Crippen LogP) is 3.05. The lowest BCUT2D eigenvalue weighted by Crippen LogP contribution is -2.38. The number of hydrogen-bond donors (Lipinski definition) is 1. The van der Waals surface area contributed by atoms with Crippen LogP contribution >= 0.6 is 0 Å². The first kappa shape index (κ1) is 14.5. The molecule has 0 bridgehead atoms. The summed E-state index contributed by atoms with van der Waals surface area (Å²) >= 11 is 0. The molecule has 2 aromatic rings. The molecule has 0 amide bonds. The van der Waals surface area contributed by atoms with Crippen molar-refractivity contribution >= 4 is 16.7 Å². The summed E-state index contributed by atoms with van der Waals surface area (Å²) in [5.41, 5.74) is 6.54. The Bertz CT molecular complexity index is 608. The maximum Gasteiger partial charge on any atom is 0.323 e. The number of carbonyl (C=O) groups is 1. The van der Waals surface area contributed by atoms with Crippen LogP contribution in [0.4, 0.5) is 0 Å². The zero-order valence-corrected chi connectivity index (χ0v) is 12.2. The van der Waals surface area contributed by atoms with E-state index < -0.39 is 11.6 Å². The van der Waals surface area contributed by atoms with Gasteiger partial charge in [0.2, 0.25) is 0 Å². The molecule has 2 rings (SSSR count). The van der Waals surface area contributed by atoms with Crippen molar-refractivity contribution in [2.45, 2.75) is 38.8 Å². The lowest BCUT2D eigenvalue weighted by Gasteiger charge is -2.22. The van der Waals surface area contributed by atoms with E-state index in [2.05, 4.69) is 12.1 Å². The van der Waals surface area contributed by atoms with Crippen molar-refractivity contribution in [3.8, 4) is 0 Å². The van der Waals surface area contributed by atoms with E-state index in [9.17, 15) is 4.79 Å². The first-order valence-electron chi connectivity index (χ1n) is 6.82. The second-order valence-corrected chi connectivity index (χ2v) is 5.98. The van der Waals surface area contributed by atoms with E-state index in [1.54, 1.807) is 0 Å². The van der Waals surface area contributed by atoms with E-state index in [-0.39, 0.29) is 5.97 Å². The molecule has 0 saturated carbocycles. The number of esters is 1. The Morgan fingerprint density at radius 2 is 1.80 bits per heavy atom. The molecule has 3 nitrogen and oxygen atoms in total. The standard InChI is InChI=1S/C17H21NO2/c1-17(2,3)20-16(19)15(18)11-13-9-6-8-12-7-4-5-10-14(12)13/h4-10,15H,11,18H2,1-3H3. The third-order valence-corrected chi connectivity index (χ3v) is 3.03. The van der Waals surface area contributed by atoms with E-state index in [0.717, 1.165) is 16.3 Å². The molecule has 0 aliphatic heterocycles. The molecule has 2 N–H and O–H groups in total. The Kier molecular flexibility index (Phi) is 4.09. The van der Waals surface area contributed by atoms with Crippen LogP contribution in [0.5, 0.6) is 0 Å². The molecule has 0 spiro atoms. The molecule has 0 radical (unpaired) electrons. The first-order valence-corrected chi connectivity index (χ1v) is 6.82. The van der Waals surface area contributed by atoms with Gasteiger partial charge in [-0.15, -0.1) is 0 Å². The van der Waals surface area contributed by atoms with Gasteiger partial charge in [0.25, 0.3) is 0 Å². The van der Waals surface area contributed by atoms with Crippen molar-refractivity contribution < 1.29 is 9.53 Å². The number of carbonyl (C=O) groups excluding carboxylic acids is 1. The van der Waals surface area contributed by atoms with E-state index >= 15 is 0 Å². The van der Waals surface area contributed by atoms with E-state index in [1.165, 1.54) is 0 Å². The molecule has 20 heavy (non-hydrogen) atoms. The second-order valence-electron chi connectivity index (χ2n) is 5.98. The average Bonchev–Trinajstić information content (AvgIpc) is 2.37. The number of ether oxygens (including phenoxy) is 1. The fraction of sp³-hybridized carbons (Fsp3) is 0.353. The van der Waals surface area contributed by atoms with Gasteiger partial charge in [0.1, 0.15) is 11.6 Å². The Labute approximate surface area is 119 Å². The van der Waals surface area contributed by atoms with Gasteiger partial charge >= 0.3 is 5.97 Å². The normalized spacial score (nSPS) is 13.2. The largest absolute Gasteiger partial charge is 0.459 e. The molecule has 106 valence electrons. The van der Waals surface area contributed by atoms with E-state index in [4.69, 9.17) is 10.5 Å². The molecule has 0 saturated heterocycles. The summed E-state index contributed by atoms with van der Waals surface area (Å²) in [5.74, 6) is -0.356. The molecule has 1 unspecified atom stereocenters. The summed E-state index contributed by atoms with van der Waals surface area (Å²) < 4.78 is 5.32. The molecular formula is C17H21NO2. The highest BCUT2D eigenvalue weighted by Crippen LogP contribution is 2.20. The smallest absolute Gasteiger partial charge is 0.323 e. The van der Waals surface area contributed by atoms with Crippen molar-refractivity contribution in [2.24, 2.45) is 5.73 Å². The minimum Gasteiger partial charge on any atom is -0.459 e. The summed E-state index contributed by atoms with van der Waals surface area (Å²) in [4.78, 5) is 12.0. The number of fused-ring (bicyclic) bond motifs is 1. The van der Waals surface area contributed by atoms with Crippen molar-refractivity contribution in [2.75, 3.05) is 0 Å².